The highest BCUT2D eigenvalue weighted by atomic mass is 32.1. The highest BCUT2D eigenvalue weighted by Gasteiger charge is 1.95. The molecule has 0 saturated heterocycles. The number of hydrogen-bond acceptors (Lipinski definition) is 2. The number of amides is 1. The molecule has 3 heteroatoms. The molecule has 0 aromatic carbocycles. The molecule has 1 aromatic heterocycles. The quantitative estimate of drug-likeness (QED) is 0.614. The van der Waals surface area contributed by atoms with Gasteiger partial charge in [-0.05, 0) is 23.4 Å². The summed E-state index contributed by atoms with van der Waals surface area (Å²) < 4.78 is 0. The fourth-order valence-corrected chi connectivity index (χ4v) is 1.80. The van der Waals surface area contributed by atoms with Gasteiger partial charge in [0.2, 0.25) is 5.91 Å². The molecule has 2 nitrogen and oxygen atoms in total. The molecule has 0 spiro atoms. The Labute approximate surface area is 113 Å². The van der Waals surface area contributed by atoms with Crippen LogP contribution >= 0.6 is 11.3 Å². The summed E-state index contributed by atoms with van der Waals surface area (Å²) in [5, 5.41) is 4.86. The number of carbonyl (C=O) groups is 1. The summed E-state index contributed by atoms with van der Waals surface area (Å²) in [6.45, 7) is 4.85. The molecular weight excluding hydrogens is 242 g/mol. The van der Waals surface area contributed by atoms with Gasteiger partial charge in [0.05, 0.1) is 0 Å². The normalized spacial score (nSPS) is 12.2. The van der Waals surface area contributed by atoms with Crippen molar-refractivity contribution in [3.63, 3.8) is 0 Å². The minimum absolute atomic E-state index is 0.0458. The van der Waals surface area contributed by atoms with Gasteiger partial charge >= 0.3 is 0 Å². The Balaban J connectivity index is 2.25. The predicted molar refractivity (Wildman–Crippen MR) is 79.5 cm³/mol. The van der Waals surface area contributed by atoms with Crippen molar-refractivity contribution < 1.29 is 4.79 Å². The molecule has 96 valence electrons. The van der Waals surface area contributed by atoms with Crippen LogP contribution in [0, 0.1) is 5.92 Å². The van der Waals surface area contributed by atoms with Crippen molar-refractivity contribution in [3.8, 4) is 0 Å². The summed E-state index contributed by atoms with van der Waals surface area (Å²) in [7, 11) is 0. The van der Waals surface area contributed by atoms with Crippen molar-refractivity contribution in [2.45, 2.75) is 13.8 Å². The van der Waals surface area contributed by atoms with Crippen LogP contribution in [0.1, 0.15) is 18.7 Å². The molecule has 0 atom stereocenters. The average Bonchev–Trinajstić information content (AvgIpc) is 2.84. The van der Waals surface area contributed by atoms with Gasteiger partial charge in [-0.25, -0.2) is 0 Å². The predicted octanol–water partition coefficient (Wildman–Crippen LogP) is 3.65. The molecule has 1 N–H and O–H groups in total. The molecule has 0 radical (unpaired) electrons. The average molecular weight is 261 g/mol. The molecular formula is C15H19NOS. The zero-order valence-electron chi connectivity index (χ0n) is 10.8. The Morgan fingerprint density at radius 1 is 1.33 bits per heavy atom. The summed E-state index contributed by atoms with van der Waals surface area (Å²) in [6.07, 6.45) is 11.0. The van der Waals surface area contributed by atoms with E-state index in [-0.39, 0.29) is 5.91 Å². The minimum atomic E-state index is -0.0458. The summed E-state index contributed by atoms with van der Waals surface area (Å²) in [5.41, 5.74) is 0. The molecule has 1 rings (SSSR count). The highest BCUT2D eigenvalue weighted by molar-refractivity contribution is 7.10. The SMILES string of the molecule is CC(C)CNC(=O)/C=C/C=C/C=C/c1cccs1. The van der Waals surface area contributed by atoms with Crippen LogP contribution in [0.15, 0.2) is 47.9 Å². The van der Waals surface area contributed by atoms with Gasteiger partial charge < -0.3 is 5.32 Å². The van der Waals surface area contributed by atoms with Crippen LogP contribution in [0.25, 0.3) is 6.08 Å². The molecule has 18 heavy (non-hydrogen) atoms. The van der Waals surface area contributed by atoms with Crippen LogP contribution in [0.3, 0.4) is 0 Å². The van der Waals surface area contributed by atoms with Crippen LogP contribution in [0.4, 0.5) is 0 Å². The Morgan fingerprint density at radius 2 is 2.11 bits per heavy atom. The highest BCUT2D eigenvalue weighted by Crippen LogP contribution is 2.09. The van der Waals surface area contributed by atoms with E-state index < -0.39 is 0 Å². The van der Waals surface area contributed by atoms with Crippen LogP contribution < -0.4 is 5.32 Å². The Morgan fingerprint density at radius 3 is 2.78 bits per heavy atom. The van der Waals surface area contributed by atoms with E-state index >= 15 is 0 Å². The molecule has 0 aliphatic carbocycles. The third-order valence-corrected chi connectivity index (χ3v) is 2.91. The van der Waals surface area contributed by atoms with Gasteiger partial charge in [0, 0.05) is 17.5 Å². The zero-order chi connectivity index (χ0) is 13.2. The fraction of sp³-hybridized carbons (Fsp3) is 0.267. The second kappa shape index (κ2) is 8.48. The van der Waals surface area contributed by atoms with Crippen molar-refractivity contribution in [2.75, 3.05) is 6.54 Å². The maximum atomic E-state index is 11.3. The molecule has 0 aliphatic rings. The Bertz CT molecular complexity index is 427. The standard InChI is InChI=1S/C15H19NOS/c1-13(2)12-16-15(17)10-6-4-3-5-8-14-9-7-11-18-14/h3-11,13H,12H2,1-2H3,(H,16,17)/b4-3+,8-5+,10-6+. The molecule has 0 unspecified atom stereocenters. The second-order valence-corrected chi connectivity index (χ2v) is 5.24. The van der Waals surface area contributed by atoms with E-state index in [1.807, 2.05) is 35.8 Å². The Kier molecular flexibility index (Phi) is 6.81. The van der Waals surface area contributed by atoms with Crippen LogP contribution in [0.5, 0.6) is 0 Å². The van der Waals surface area contributed by atoms with Crippen molar-refractivity contribution >= 4 is 23.3 Å². The lowest BCUT2D eigenvalue weighted by Gasteiger charge is -2.03. The number of thiophene rings is 1. The summed E-state index contributed by atoms with van der Waals surface area (Å²) >= 11 is 1.70. The molecule has 0 bridgehead atoms. The maximum absolute atomic E-state index is 11.3. The molecule has 0 fully saturated rings. The molecule has 0 saturated carbocycles. The van der Waals surface area contributed by atoms with E-state index in [2.05, 4.69) is 25.2 Å². The molecule has 1 amide bonds. The molecule has 0 aliphatic heterocycles. The fourth-order valence-electron chi connectivity index (χ4n) is 1.17. The third-order valence-electron chi connectivity index (χ3n) is 2.07. The number of allylic oxidation sites excluding steroid dienone is 4. The molecule has 1 heterocycles. The summed E-state index contributed by atoms with van der Waals surface area (Å²) in [5.74, 6) is 0.433. The third kappa shape index (κ3) is 6.86. The van der Waals surface area contributed by atoms with Gasteiger partial charge in [-0.15, -0.1) is 11.3 Å². The lowest BCUT2D eigenvalue weighted by atomic mass is 10.2. The van der Waals surface area contributed by atoms with Gasteiger partial charge in [0.25, 0.3) is 0 Å². The summed E-state index contributed by atoms with van der Waals surface area (Å²) in [6, 6.07) is 4.08. The van der Waals surface area contributed by atoms with Crippen molar-refractivity contribution in [1.82, 2.24) is 5.32 Å². The topological polar surface area (TPSA) is 29.1 Å². The smallest absolute Gasteiger partial charge is 0.243 e. The zero-order valence-corrected chi connectivity index (χ0v) is 11.6. The van der Waals surface area contributed by atoms with E-state index in [4.69, 9.17) is 0 Å². The largest absolute Gasteiger partial charge is 0.352 e. The first-order chi connectivity index (χ1) is 8.68. The number of carbonyl (C=O) groups excluding carboxylic acids is 1. The van der Waals surface area contributed by atoms with Crippen LogP contribution in [-0.2, 0) is 4.79 Å². The van der Waals surface area contributed by atoms with E-state index in [9.17, 15) is 4.79 Å². The van der Waals surface area contributed by atoms with E-state index in [1.54, 1.807) is 17.4 Å². The van der Waals surface area contributed by atoms with Gasteiger partial charge in [-0.1, -0.05) is 44.2 Å². The van der Waals surface area contributed by atoms with Crippen molar-refractivity contribution in [2.24, 2.45) is 5.92 Å². The Hall–Kier alpha value is -1.61. The number of nitrogens with one attached hydrogen (secondary N) is 1. The van der Waals surface area contributed by atoms with E-state index in [0.29, 0.717) is 12.5 Å². The monoisotopic (exact) mass is 261 g/mol. The first-order valence-electron chi connectivity index (χ1n) is 6.01. The van der Waals surface area contributed by atoms with Crippen LogP contribution in [0.2, 0.25) is 0 Å². The van der Waals surface area contributed by atoms with E-state index in [1.165, 1.54) is 11.0 Å². The minimum Gasteiger partial charge on any atom is -0.352 e. The lowest BCUT2D eigenvalue weighted by molar-refractivity contribution is -0.116. The maximum Gasteiger partial charge on any atom is 0.243 e. The number of hydrogen-bond donors (Lipinski definition) is 1. The first-order valence-corrected chi connectivity index (χ1v) is 6.89. The van der Waals surface area contributed by atoms with Gasteiger partial charge in [-0.3, -0.25) is 4.79 Å². The summed E-state index contributed by atoms with van der Waals surface area (Å²) in [4.78, 5) is 12.5. The van der Waals surface area contributed by atoms with Gasteiger partial charge in [-0.2, -0.15) is 0 Å². The van der Waals surface area contributed by atoms with Gasteiger partial charge in [0.1, 0.15) is 0 Å². The van der Waals surface area contributed by atoms with Crippen LogP contribution in [-0.4, -0.2) is 12.5 Å². The van der Waals surface area contributed by atoms with Crippen molar-refractivity contribution in [3.05, 3.63) is 52.8 Å². The second-order valence-electron chi connectivity index (χ2n) is 4.26. The van der Waals surface area contributed by atoms with E-state index in [0.717, 1.165) is 0 Å². The molecule has 1 aromatic rings. The number of rotatable bonds is 6. The lowest BCUT2D eigenvalue weighted by Crippen LogP contribution is -2.25. The first kappa shape index (κ1) is 14.5. The van der Waals surface area contributed by atoms with Crippen molar-refractivity contribution in [1.29, 1.82) is 0 Å². The van der Waals surface area contributed by atoms with Gasteiger partial charge in [0.15, 0.2) is 0 Å².